The zero-order valence-corrected chi connectivity index (χ0v) is 18.7. The summed E-state index contributed by atoms with van der Waals surface area (Å²) in [6.45, 7) is 6.21. The van der Waals surface area contributed by atoms with Gasteiger partial charge < -0.3 is 8.98 Å². The summed E-state index contributed by atoms with van der Waals surface area (Å²) < 4.78 is 7.58. The van der Waals surface area contributed by atoms with Gasteiger partial charge in [0.15, 0.2) is 16.6 Å². The molecule has 32 heavy (non-hydrogen) atoms. The van der Waals surface area contributed by atoms with Crippen LogP contribution in [0.1, 0.15) is 35.2 Å². The summed E-state index contributed by atoms with van der Waals surface area (Å²) in [7, 11) is 0. The van der Waals surface area contributed by atoms with Crippen molar-refractivity contribution in [2.45, 2.75) is 27.2 Å². The van der Waals surface area contributed by atoms with Gasteiger partial charge in [-0.15, -0.1) is 0 Å². The van der Waals surface area contributed by atoms with E-state index in [4.69, 9.17) is 9.83 Å². The van der Waals surface area contributed by atoms with Crippen LogP contribution in [-0.2, 0) is 11.2 Å². The molecule has 0 saturated heterocycles. The number of aliphatic imine (C=N–C) groups is 1. The number of fused-ring (bicyclic) bond motifs is 1. The minimum atomic E-state index is -0.441. The summed E-state index contributed by atoms with van der Waals surface area (Å²) in [6, 6.07) is 13.9. The van der Waals surface area contributed by atoms with Gasteiger partial charge >= 0.3 is 0 Å². The maximum absolute atomic E-state index is 12.8. The number of carbonyl (C=O) groups is 1. The molecule has 0 aliphatic carbocycles. The average molecular weight is 444 g/mol. The maximum atomic E-state index is 12.8. The molecule has 8 heteroatoms. The Bertz CT molecular complexity index is 1340. The number of amides is 1. The molecule has 2 aliphatic rings. The molecule has 0 radical (unpaired) electrons. The van der Waals surface area contributed by atoms with Gasteiger partial charge in [-0.2, -0.15) is 15.1 Å². The molecular weight excluding hydrogens is 422 g/mol. The zero-order valence-electron chi connectivity index (χ0n) is 17.9. The van der Waals surface area contributed by atoms with Crippen LogP contribution in [0.5, 0.6) is 0 Å². The highest BCUT2D eigenvalue weighted by atomic mass is 32.2. The first-order valence-electron chi connectivity index (χ1n) is 10.3. The van der Waals surface area contributed by atoms with Crippen LogP contribution in [0.15, 0.2) is 68.8 Å². The number of hydrazone groups is 1. The fraction of sp³-hybridized carbons (Fsp3) is 0.167. The summed E-state index contributed by atoms with van der Waals surface area (Å²) >= 11 is 1.22. The molecule has 4 heterocycles. The number of nitrogens with zero attached hydrogens (tertiary/aromatic N) is 4. The van der Waals surface area contributed by atoms with E-state index >= 15 is 0 Å². The van der Waals surface area contributed by atoms with Gasteiger partial charge in [0.1, 0.15) is 0 Å². The first-order chi connectivity index (χ1) is 15.5. The molecule has 3 aromatic rings. The van der Waals surface area contributed by atoms with Crippen LogP contribution in [0.4, 0.5) is 0 Å². The average Bonchev–Trinajstić information content (AvgIpc) is 3.51. The number of furan rings is 1. The summed E-state index contributed by atoms with van der Waals surface area (Å²) in [4.78, 5) is 17.0. The number of hydrogen-bond donors (Lipinski definition) is 1. The van der Waals surface area contributed by atoms with E-state index < -0.39 is 5.91 Å². The number of thioether (sulfide) groups is 1. The molecule has 1 N–H and O–H groups in total. The first kappa shape index (κ1) is 20.3. The molecule has 0 unspecified atom stereocenters. The number of hydrogen-bond acceptors (Lipinski definition) is 5. The Hall–Kier alpha value is -3.65. The number of rotatable bonds is 4. The largest absolute Gasteiger partial charge is 0.462 e. The number of para-hydroxylation sites is 1. The molecule has 2 aliphatic heterocycles. The molecule has 7 nitrogen and oxygen atoms in total. The van der Waals surface area contributed by atoms with Crippen LogP contribution in [-0.4, -0.2) is 31.5 Å². The summed E-state index contributed by atoms with van der Waals surface area (Å²) in [5.41, 5.74) is 5.53. The fourth-order valence-electron chi connectivity index (χ4n) is 3.98. The lowest BCUT2D eigenvalue weighted by Gasteiger charge is -2.20. The van der Waals surface area contributed by atoms with E-state index in [1.165, 1.54) is 22.3 Å². The van der Waals surface area contributed by atoms with Crippen molar-refractivity contribution in [1.29, 1.82) is 5.41 Å². The van der Waals surface area contributed by atoms with Crippen LogP contribution in [0.3, 0.4) is 0 Å². The fourth-order valence-corrected chi connectivity index (χ4v) is 4.84. The number of benzene rings is 1. The van der Waals surface area contributed by atoms with E-state index in [1.54, 1.807) is 24.5 Å². The Morgan fingerprint density at radius 2 is 2.00 bits per heavy atom. The summed E-state index contributed by atoms with van der Waals surface area (Å²) in [5.74, 6) is 0.146. The van der Waals surface area contributed by atoms with E-state index in [0.29, 0.717) is 16.0 Å². The second-order valence-electron chi connectivity index (χ2n) is 7.55. The summed E-state index contributed by atoms with van der Waals surface area (Å²) in [6.07, 6.45) is 4.22. The molecule has 0 saturated carbocycles. The van der Waals surface area contributed by atoms with Crippen molar-refractivity contribution >= 4 is 39.8 Å². The number of aryl methyl sites for hydroxylation is 2. The Balaban J connectivity index is 1.54. The standard InChI is InChI=1S/C24H21N5O2S/c1-4-16-8-5-6-9-19(16)28-14(2)12-17(15(28)3)13-18-21(25)29-24(26-22(18)30)32-23(27-29)20-10-7-11-31-20/h5-13,25H,4H2,1-3H3. The molecule has 0 fully saturated rings. The predicted molar refractivity (Wildman–Crippen MR) is 127 cm³/mol. The summed E-state index contributed by atoms with van der Waals surface area (Å²) in [5, 5.41) is 15.4. The normalized spacial score (nSPS) is 17.1. The van der Waals surface area contributed by atoms with Crippen molar-refractivity contribution < 1.29 is 9.21 Å². The van der Waals surface area contributed by atoms with Crippen molar-refractivity contribution in [2.75, 3.05) is 0 Å². The Kier molecular flexibility index (Phi) is 4.94. The molecule has 5 rings (SSSR count). The Morgan fingerprint density at radius 3 is 2.75 bits per heavy atom. The van der Waals surface area contributed by atoms with E-state index in [2.05, 4.69) is 33.7 Å². The van der Waals surface area contributed by atoms with Gasteiger partial charge in [-0.1, -0.05) is 25.1 Å². The third-order valence-electron chi connectivity index (χ3n) is 5.57. The molecular formula is C24H21N5O2S. The zero-order chi connectivity index (χ0) is 22.4. The number of aromatic nitrogens is 1. The minimum Gasteiger partial charge on any atom is -0.462 e. The van der Waals surface area contributed by atoms with Gasteiger partial charge in [0, 0.05) is 17.1 Å². The van der Waals surface area contributed by atoms with E-state index in [1.807, 2.05) is 32.0 Å². The van der Waals surface area contributed by atoms with Crippen molar-refractivity contribution in [3.63, 3.8) is 0 Å². The molecule has 0 bridgehead atoms. The lowest BCUT2D eigenvalue weighted by atomic mass is 10.1. The van der Waals surface area contributed by atoms with Crippen molar-refractivity contribution in [3.8, 4) is 5.69 Å². The first-order valence-corrected chi connectivity index (χ1v) is 11.1. The number of carbonyl (C=O) groups excluding carboxylic acids is 1. The van der Waals surface area contributed by atoms with E-state index in [0.717, 1.165) is 29.1 Å². The third-order valence-corrected chi connectivity index (χ3v) is 6.49. The molecule has 1 amide bonds. The monoisotopic (exact) mass is 443 g/mol. The van der Waals surface area contributed by atoms with Crippen LogP contribution < -0.4 is 0 Å². The van der Waals surface area contributed by atoms with Gasteiger partial charge in [0.25, 0.3) is 5.91 Å². The Labute approximate surface area is 189 Å². The molecule has 2 aromatic heterocycles. The highest BCUT2D eigenvalue weighted by molar-refractivity contribution is 8.27. The topological polar surface area (TPSA) is 86.9 Å². The second kappa shape index (κ2) is 7.80. The van der Waals surface area contributed by atoms with Crippen LogP contribution in [0.25, 0.3) is 11.8 Å². The lowest BCUT2D eigenvalue weighted by molar-refractivity contribution is -0.114. The van der Waals surface area contributed by atoms with Gasteiger partial charge in [-0.25, -0.2) is 0 Å². The van der Waals surface area contributed by atoms with Gasteiger partial charge in [-0.05, 0) is 73.5 Å². The molecule has 0 atom stereocenters. The van der Waals surface area contributed by atoms with Gasteiger partial charge in [-0.3, -0.25) is 10.2 Å². The van der Waals surface area contributed by atoms with Crippen LogP contribution in [0.2, 0.25) is 0 Å². The minimum absolute atomic E-state index is 0.00724. The number of nitrogens with one attached hydrogen (secondary N) is 1. The molecule has 0 spiro atoms. The number of amidine groups is 2. The van der Waals surface area contributed by atoms with Crippen molar-refractivity contribution in [1.82, 2.24) is 9.58 Å². The SMILES string of the molecule is CCc1ccccc1-n1c(C)cc(C=C2C(=N)N3N=C(c4ccco4)SC3=NC2=O)c1C. The lowest BCUT2D eigenvalue weighted by Crippen LogP contribution is -2.35. The maximum Gasteiger partial charge on any atom is 0.283 e. The molecule has 160 valence electrons. The smallest absolute Gasteiger partial charge is 0.283 e. The quantitative estimate of drug-likeness (QED) is 0.580. The second-order valence-corrected chi connectivity index (χ2v) is 8.50. The highest BCUT2D eigenvalue weighted by Gasteiger charge is 2.36. The van der Waals surface area contributed by atoms with Crippen molar-refractivity contribution in [2.24, 2.45) is 10.1 Å². The van der Waals surface area contributed by atoms with Crippen LogP contribution in [0, 0.1) is 19.3 Å². The van der Waals surface area contributed by atoms with Crippen LogP contribution >= 0.6 is 11.8 Å². The van der Waals surface area contributed by atoms with Gasteiger partial charge in [0.05, 0.1) is 11.8 Å². The Morgan fingerprint density at radius 1 is 1.19 bits per heavy atom. The predicted octanol–water partition coefficient (Wildman–Crippen LogP) is 4.92. The van der Waals surface area contributed by atoms with E-state index in [-0.39, 0.29) is 11.4 Å². The van der Waals surface area contributed by atoms with Gasteiger partial charge in [0.2, 0.25) is 5.17 Å². The third kappa shape index (κ3) is 3.23. The highest BCUT2D eigenvalue weighted by Crippen LogP contribution is 2.32. The molecule has 1 aromatic carbocycles. The van der Waals surface area contributed by atoms with E-state index in [9.17, 15) is 4.79 Å². The van der Waals surface area contributed by atoms with Crippen molar-refractivity contribution in [3.05, 3.63) is 82.6 Å².